The Balaban J connectivity index is 0.000000666. The Morgan fingerprint density at radius 1 is 0.274 bits per heavy atom. The van der Waals surface area contributed by atoms with E-state index in [4.69, 9.17) is 0 Å². The zero-order valence-corrected chi connectivity index (χ0v) is 34.3. The van der Waals surface area contributed by atoms with Crippen LogP contribution in [0.4, 0.5) is 5.69 Å². The molecule has 1 nitrogen and oxygen atoms in total. The van der Waals surface area contributed by atoms with Crippen LogP contribution < -0.4 is 5.32 Å². The minimum atomic E-state index is 0.784. The summed E-state index contributed by atoms with van der Waals surface area (Å²) in [5.74, 6) is 0. The lowest BCUT2D eigenvalue weighted by Gasteiger charge is -2.20. The highest BCUT2D eigenvalue weighted by molar-refractivity contribution is 6.28. The van der Waals surface area contributed by atoms with Crippen molar-refractivity contribution in [1.29, 1.82) is 0 Å². The van der Waals surface area contributed by atoms with Crippen molar-refractivity contribution in [3.05, 3.63) is 248 Å². The van der Waals surface area contributed by atoms with Crippen molar-refractivity contribution in [2.24, 2.45) is 0 Å². The molecule has 11 aromatic rings. The van der Waals surface area contributed by atoms with Gasteiger partial charge in [-0.1, -0.05) is 212 Å². The molecule has 0 amide bonds. The van der Waals surface area contributed by atoms with Crippen molar-refractivity contribution in [2.75, 3.05) is 5.32 Å². The summed E-state index contributed by atoms with van der Waals surface area (Å²) < 4.78 is 0. The molecule has 0 unspecified atom stereocenters. The lowest BCUT2D eigenvalue weighted by molar-refractivity contribution is 1.15. The van der Waals surface area contributed by atoms with E-state index < -0.39 is 0 Å². The molecule has 1 N–H and O–H groups in total. The Labute approximate surface area is 363 Å². The lowest BCUT2D eigenvalue weighted by Crippen LogP contribution is -1.99. The molecule has 12 rings (SSSR count). The van der Waals surface area contributed by atoms with Gasteiger partial charge in [-0.05, 0) is 135 Å². The Hall–Kier alpha value is -8.00. The summed E-state index contributed by atoms with van der Waals surface area (Å²) in [4.78, 5) is 0. The molecule has 0 fully saturated rings. The molecule has 0 radical (unpaired) electrons. The van der Waals surface area contributed by atoms with Crippen molar-refractivity contribution in [3.8, 4) is 66.8 Å². The number of anilines is 1. The van der Waals surface area contributed by atoms with Crippen LogP contribution in [0.2, 0.25) is 0 Å². The lowest BCUT2D eigenvalue weighted by atomic mass is 9.82. The minimum absolute atomic E-state index is 0.784. The van der Waals surface area contributed by atoms with Crippen LogP contribution in [-0.2, 0) is 6.54 Å². The molecule has 0 heterocycles. The number of fused-ring (bicyclic) bond motifs is 5. The highest BCUT2D eigenvalue weighted by Crippen LogP contribution is 2.58. The average molecular weight is 790 g/mol. The molecule has 0 saturated heterocycles. The van der Waals surface area contributed by atoms with Crippen molar-refractivity contribution >= 4 is 38.0 Å². The van der Waals surface area contributed by atoms with E-state index in [-0.39, 0.29) is 0 Å². The Morgan fingerprint density at radius 3 is 1.35 bits per heavy atom. The number of benzene rings is 11. The van der Waals surface area contributed by atoms with Crippen molar-refractivity contribution in [1.82, 2.24) is 0 Å². The fourth-order valence-electron chi connectivity index (χ4n) is 9.46. The summed E-state index contributed by atoms with van der Waals surface area (Å²) in [6.45, 7) is 0.784. The zero-order valence-electron chi connectivity index (χ0n) is 34.3. The van der Waals surface area contributed by atoms with E-state index in [0.717, 1.165) is 12.2 Å². The molecule has 0 atom stereocenters. The SMILES string of the molecule is c1ccc(NCc2cccc(-c3ccc4cc(-c5ccc6c7c(cccc57)-c5c-6c(-c6ccccc6)c6ccccc6c5-c5ccccc5)ccc4c3)c2)cc1.c1ccccc1. The predicted molar refractivity (Wildman–Crippen MR) is 265 cm³/mol. The molecule has 1 aliphatic carbocycles. The van der Waals surface area contributed by atoms with Gasteiger partial charge in [-0.15, -0.1) is 0 Å². The van der Waals surface area contributed by atoms with Gasteiger partial charge < -0.3 is 5.32 Å². The van der Waals surface area contributed by atoms with Crippen molar-refractivity contribution in [3.63, 3.8) is 0 Å². The minimum Gasteiger partial charge on any atom is -0.381 e. The van der Waals surface area contributed by atoms with Gasteiger partial charge in [0.15, 0.2) is 0 Å². The first kappa shape index (κ1) is 37.0. The molecule has 62 heavy (non-hydrogen) atoms. The maximum absolute atomic E-state index is 3.55. The standard InChI is InChI=1S/C55H37N.C6H6/c1-4-15-37(16-5-1)51-47-22-10-11-23-48(47)52(38-17-6-2-7-18-38)55-50-31-30-45(46-24-13-25-49(53(46)50)54(51)55)43-29-28-41-33-40(26-27-42(41)34-43)39-19-12-14-36(32-39)35-56-44-20-8-3-9-21-44;1-2-4-6-5-3-1/h1-34,56H,35H2;1-6H. The third-order valence-electron chi connectivity index (χ3n) is 12.3. The fraction of sp³-hybridized carbons (Fsp3) is 0.0164. The highest BCUT2D eigenvalue weighted by atomic mass is 14.9. The van der Waals surface area contributed by atoms with Gasteiger partial charge in [0.05, 0.1) is 0 Å². The second-order valence-electron chi connectivity index (χ2n) is 16.0. The Kier molecular flexibility index (Phi) is 9.69. The van der Waals surface area contributed by atoms with Gasteiger partial charge in [-0.3, -0.25) is 0 Å². The number of hydrogen-bond acceptors (Lipinski definition) is 1. The third-order valence-corrected chi connectivity index (χ3v) is 12.3. The van der Waals surface area contributed by atoms with Crippen LogP contribution in [0.15, 0.2) is 243 Å². The number of nitrogens with one attached hydrogen (secondary N) is 1. The molecular weight excluding hydrogens is 747 g/mol. The molecule has 1 aliphatic rings. The second-order valence-corrected chi connectivity index (χ2v) is 16.0. The Bertz CT molecular complexity index is 3250. The molecule has 11 aromatic carbocycles. The van der Waals surface area contributed by atoms with Crippen LogP contribution in [-0.4, -0.2) is 0 Å². The van der Waals surface area contributed by atoms with Crippen LogP contribution in [0.25, 0.3) is 99.1 Å². The van der Waals surface area contributed by atoms with E-state index in [2.05, 4.69) is 206 Å². The molecule has 292 valence electrons. The van der Waals surface area contributed by atoms with Gasteiger partial charge in [-0.25, -0.2) is 0 Å². The molecule has 0 bridgehead atoms. The summed E-state index contributed by atoms with van der Waals surface area (Å²) >= 11 is 0. The van der Waals surface area contributed by atoms with Crippen LogP contribution in [0.1, 0.15) is 5.56 Å². The summed E-state index contributed by atoms with van der Waals surface area (Å²) in [6, 6.07) is 87.6. The second kappa shape index (κ2) is 16.2. The monoisotopic (exact) mass is 789 g/mol. The molecule has 0 spiro atoms. The van der Waals surface area contributed by atoms with E-state index in [1.165, 1.54) is 105 Å². The molecule has 0 saturated carbocycles. The first-order chi connectivity index (χ1) is 30.8. The van der Waals surface area contributed by atoms with Gasteiger partial charge in [-0.2, -0.15) is 0 Å². The van der Waals surface area contributed by atoms with E-state index in [9.17, 15) is 0 Å². The zero-order chi connectivity index (χ0) is 41.2. The van der Waals surface area contributed by atoms with Crippen LogP contribution in [0.3, 0.4) is 0 Å². The topological polar surface area (TPSA) is 12.0 Å². The quantitative estimate of drug-likeness (QED) is 0.170. The smallest absolute Gasteiger partial charge is 0.0401 e. The Morgan fingerprint density at radius 2 is 0.726 bits per heavy atom. The normalized spacial score (nSPS) is 11.3. The van der Waals surface area contributed by atoms with Gasteiger partial charge in [0.2, 0.25) is 0 Å². The first-order valence-electron chi connectivity index (χ1n) is 21.5. The van der Waals surface area contributed by atoms with Gasteiger partial charge >= 0.3 is 0 Å². The summed E-state index contributed by atoms with van der Waals surface area (Å²) in [5, 5.41) is 11.2. The molecule has 0 aromatic heterocycles. The predicted octanol–water partition coefficient (Wildman–Crippen LogP) is 16.8. The maximum Gasteiger partial charge on any atom is 0.0401 e. The molecule has 0 aliphatic heterocycles. The van der Waals surface area contributed by atoms with E-state index in [1.54, 1.807) is 0 Å². The summed E-state index contributed by atoms with van der Waals surface area (Å²) in [5.41, 5.74) is 17.7. The van der Waals surface area contributed by atoms with Crippen LogP contribution >= 0.6 is 0 Å². The van der Waals surface area contributed by atoms with Crippen molar-refractivity contribution < 1.29 is 0 Å². The van der Waals surface area contributed by atoms with Gasteiger partial charge in [0.25, 0.3) is 0 Å². The number of hydrogen-bond donors (Lipinski definition) is 1. The number of rotatable bonds is 7. The van der Waals surface area contributed by atoms with Crippen LogP contribution in [0.5, 0.6) is 0 Å². The maximum atomic E-state index is 3.55. The molecule has 1 heteroatoms. The number of para-hydroxylation sites is 1. The largest absolute Gasteiger partial charge is 0.381 e. The average Bonchev–Trinajstić information content (AvgIpc) is 3.68. The van der Waals surface area contributed by atoms with Gasteiger partial charge in [0, 0.05) is 12.2 Å². The van der Waals surface area contributed by atoms with Crippen LogP contribution in [0, 0.1) is 0 Å². The first-order valence-corrected chi connectivity index (χ1v) is 21.5. The van der Waals surface area contributed by atoms with Crippen molar-refractivity contribution in [2.45, 2.75) is 6.54 Å². The van der Waals surface area contributed by atoms with E-state index in [1.807, 2.05) is 42.5 Å². The van der Waals surface area contributed by atoms with E-state index in [0.29, 0.717) is 0 Å². The van der Waals surface area contributed by atoms with E-state index >= 15 is 0 Å². The fourth-order valence-corrected chi connectivity index (χ4v) is 9.46. The summed E-state index contributed by atoms with van der Waals surface area (Å²) in [6.07, 6.45) is 0. The van der Waals surface area contributed by atoms with Gasteiger partial charge in [0.1, 0.15) is 0 Å². The molecular formula is C61H43N. The highest BCUT2D eigenvalue weighted by Gasteiger charge is 2.31. The summed E-state index contributed by atoms with van der Waals surface area (Å²) in [7, 11) is 0. The third kappa shape index (κ3) is 6.80.